The summed E-state index contributed by atoms with van der Waals surface area (Å²) in [6.45, 7) is 6.51. The van der Waals surface area contributed by atoms with Crippen molar-refractivity contribution >= 4 is 26.5 Å². The second kappa shape index (κ2) is 7.19. The first-order chi connectivity index (χ1) is 9.27. The van der Waals surface area contributed by atoms with Crippen LogP contribution in [-0.2, 0) is 20.8 Å². The summed E-state index contributed by atoms with van der Waals surface area (Å²) in [5.74, 6) is 0.312. The lowest BCUT2D eigenvalue weighted by molar-refractivity contribution is 0.582. The zero-order valence-electron chi connectivity index (χ0n) is 12.3. The number of hydrogen-bond donors (Lipinski definition) is 2. The molecule has 0 amide bonds. The molecular weight excluding hydrogens is 296 g/mol. The van der Waals surface area contributed by atoms with Gasteiger partial charge in [-0.25, -0.2) is 13.1 Å². The summed E-state index contributed by atoms with van der Waals surface area (Å²) in [5, 5.41) is 3.17. The minimum absolute atomic E-state index is 0.180. The van der Waals surface area contributed by atoms with Crippen LogP contribution in [0.2, 0.25) is 0 Å². The van der Waals surface area contributed by atoms with E-state index in [4.69, 9.17) is 0 Å². The zero-order valence-corrected chi connectivity index (χ0v) is 14.0. The van der Waals surface area contributed by atoms with E-state index in [0.29, 0.717) is 21.8 Å². The molecule has 1 atom stereocenters. The van der Waals surface area contributed by atoms with Gasteiger partial charge < -0.3 is 5.32 Å². The number of hydrogen-bond acceptors (Lipinski definition) is 4. The summed E-state index contributed by atoms with van der Waals surface area (Å²) in [6, 6.07) is 3.64. The Morgan fingerprint density at radius 1 is 1.20 bits per heavy atom. The van der Waals surface area contributed by atoms with Gasteiger partial charge in [-0.05, 0) is 44.0 Å². The van der Waals surface area contributed by atoms with E-state index in [2.05, 4.69) is 10.0 Å². The Bertz CT molecular complexity index is 575. The largest absolute Gasteiger partial charge is 0.385 e. The van der Waals surface area contributed by atoms with E-state index in [0.717, 1.165) is 12.2 Å². The van der Waals surface area contributed by atoms with Crippen molar-refractivity contribution in [1.29, 1.82) is 0 Å². The summed E-state index contributed by atoms with van der Waals surface area (Å²) in [6.07, 6.45) is 1.55. The third-order valence-corrected chi connectivity index (χ3v) is 5.34. The van der Waals surface area contributed by atoms with Gasteiger partial charge in [0.2, 0.25) is 10.0 Å². The molecule has 1 aromatic rings. The molecular formula is C13H22N2O3S2. The maximum absolute atomic E-state index is 12.3. The average molecular weight is 318 g/mol. The molecule has 0 spiro atoms. The van der Waals surface area contributed by atoms with Crippen LogP contribution in [-0.4, -0.2) is 37.7 Å². The molecule has 5 nitrogen and oxygen atoms in total. The molecule has 7 heteroatoms. The first kappa shape index (κ1) is 17.1. The summed E-state index contributed by atoms with van der Waals surface area (Å²) < 4.78 is 38.1. The molecule has 0 aliphatic carbocycles. The summed E-state index contributed by atoms with van der Waals surface area (Å²) in [5.41, 5.74) is 2.31. The number of benzene rings is 1. The number of rotatable bonds is 7. The van der Waals surface area contributed by atoms with Crippen molar-refractivity contribution in [3.05, 3.63) is 23.3 Å². The van der Waals surface area contributed by atoms with Gasteiger partial charge in [0.15, 0.2) is 0 Å². The van der Waals surface area contributed by atoms with Crippen molar-refractivity contribution in [2.24, 2.45) is 0 Å². The molecule has 1 rings (SSSR count). The molecule has 0 heterocycles. The minimum Gasteiger partial charge on any atom is -0.385 e. The SMILES string of the molecule is CCNc1cc(C)c(S(=O)(=O)NCCS(C)=O)c(C)c1. The highest BCUT2D eigenvalue weighted by Crippen LogP contribution is 2.24. The van der Waals surface area contributed by atoms with E-state index >= 15 is 0 Å². The van der Waals surface area contributed by atoms with Crippen LogP contribution >= 0.6 is 0 Å². The number of sulfonamides is 1. The number of aryl methyl sites for hydroxylation is 2. The van der Waals surface area contributed by atoms with E-state index < -0.39 is 20.8 Å². The molecule has 1 aromatic carbocycles. The van der Waals surface area contributed by atoms with Crippen LogP contribution in [0, 0.1) is 13.8 Å². The van der Waals surface area contributed by atoms with E-state index in [1.54, 1.807) is 20.1 Å². The molecule has 0 bridgehead atoms. The van der Waals surface area contributed by atoms with Crippen LogP contribution in [0.5, 0.6) is 0 Å². The summed E-state index contributed by atoms with van der Waals surface area (Å²) in [4.78, 5) is 0.307. The second-order valence-corrected chi connectivity index (χ2v) is 7.90. The van der Waals surface area contributed by atoms with Crippen molar-refractivity contribution in [3.8, 4) is 0 Å². The van der Waals surface area contributed by atoms with Gasteiger partial charge in [0, 0.05) is 41.6 Å². The molecule has 0 aliphatic heterocycles. The fraction of sp³-hybridized carbons (Fsp3) is 0.538. The molecule has 0 fully saturated rings. The zero-order chi connectivity index (χ0) is 15.3. The van der Waals surface area contributed by atoms with Crippen LogP contribution in [0.15, 0.2) is 17.0 Å². The van der Waals surface area contributed by atoms with Crippen molar-refractivity contribution in [3.63, 3.8) is 0 Å². The highest BCUT2D eigenvalue weighted by molar-refractivity contribution is 7.89. The molecule has 0 aliphatic rings. The third kappa shape index (κ3) is 4.57. The maximum atomic E-state index is 12.3. The van der Waals surface area contributed by atoms with Crippen molar-refractivity contribution in [2.75, 3.05) is 30.4 Å². The molecule has 0 aromatic heterocycles. The van der Waals surface area contributed by atoms with Gasteiger partial charge in [-0.1, -0.05) is 0 Å². The predicted octanol–water partition coefficient (Wildman–Crippen LogP) is 1.39. The minimum atomic E-state index is -3.56. The van der Waals surface area contributed by atoms with Gasteiger partial charge in [-0.3, -0.25) is 4.21 Å². The second-order valence-electron chi connectivity index (χ2n) is 4.64. The highest BCUT2D eigenvalue weighted by Gasteiger charge is 2.19. The van der Waals surface area contributed by atoms with Gasteiger partial charge in [0.05, 0.1) is 4.90 Å². The number of anilines is 1. The average Bonchev–Trinajstić information content (AvgIpc) is 2.26. The molecule has 114 valence electrons. The molecule has 2 N–H and O–H groups in total. The van der Waals surface area contributed by atoms with Crippen LogP contribution in [0.3, 0.4) is 0 Å². The van der Waals surface area contributed by atoms with E-state index in [1.807, 2.05) is 19.1 Å². The van der Waals surface area contributed by atoms with Crippen LogP contribution < -0.4 is 10.0 Å². The fourth-order valence-corrected chi connectivity index (χ4v) is 4.07. The first-order valence-corrected chi connectivity index (χ1v) is 9.63. The molecule has 20 heavy (non-hydrogen) atoms. The van der Waals surface area contributed by atoms with Crippen LogP contribution in [0.25, 0.3) is 0 Å². The van der Waals surface area contributed by atoms with Crippen molar-refractivity contribution in [1.82, 2.24) is 4.72 Å². The Balaban J connectivity index is 3.03. The Morgan fingerprint density at radius 3 is 2.20 bits per heavy atom. The first-order valence-electron chi connectivity index (χ1n) is 6.42. The number of nitrogens with one attached hydrogen (secondary N) is 2. The third-order valence-electron chi connectivity index (χ3n) is 2.79. The summed E-state index contributed by atoms with van der Waals surface area (Å²) in [7, 11) is -4.57. The fourth-order valence-electron chi connectivity index (χ4n) is 2.07. The van der Waals surface area contributed by atoms with Crippen molar-refractivity contribution < 1.29 is 12.6 Å². The lowest BCUT2D eigenvalue weighted by Gasteiger charge is -2.14. The molecule has 0 radical (unpaired) electrons. The van der Waals surface area contributed by atoms with Crippen LogP contribution in [0.1, 0.15) is 18.1 Å². The topological polar surface area (TPSA) is 75.3 Å². The smallest absolute Gasteiger partial charge is 0.241 e. The lowest BCUT2D eigenvalue weighted by Crippen LogP contribution is -2.29. The van der Waals surface area contributed by atoms with E-state index in [9.17, 15) is 12.6 Å². The lowest BCUT2D eigenvalue weighted by atomic mass is 10.1. The van der Waals surface area contributed by atoms with Crippen molar-refractivity contribution in [2.45, 2.75) is 25.7 Å². The monoisotopic (exact) mass is 318 g/mol. The standard InChI is InChI=1S/C13H22N2O3S2/c1-5-14-12-8-10(2)13(11(3)9-12)20(17,18)15-6-7-19(4)16/h8-9,14-15H,5-7H2,1-4H3. The maximum Gasteiger partial charge on any atom is 0.241 e. The highest BCUT2D eigenvalue weighted by atomic mass is 32.2. The molecule has 0 saturated carbocycles. The Hall–Kier alpha value is -0.920. The summed E-state index contributed by atoms with van der Waals surface area (Å²) >= 11 is 0. The van der Waals surface area contributed by atoms with E-state index in [1.165, 1.54) is 0 Å². The Labute approximate surface area is 123 Å². The quantitative estimate of drug-likeness (QED) is 0.797. The molecule has 1 unspecified atom stereocenters. The van der Waals surface area contributed by atoms with Gasteiger partial charge in [0.25, 0.3) is 0 Å². The Morgan fingerprint density at radius 2 is 1.75 bits per heavy atom. The normalized spacial score (nSPS) is 13.2. The predicted molar refractivity (Wildman–Crippen MR) is 84.2 cm³/mol. The van der Waals surface area contributed by atoms with Crippen LogP contribution in [0.4, 0.5) is 5.69 Å². The van der Waals surface area contributed by atoms with E-state index in [-0.39, 0.29) is 6.54 Å². The van der Waals surface area contributed by atoms with Gasteiger partial charge in [-0.15, -0.1) is 0 Å². The Kier molecular flexibility index (Phi) is 6.16. The van der Waals surface area contributed by atoms with Gasteiger partial charge in [-0.2, -0.15) is 0 Å². The van der Waals surface area contributed by atoms with Gasteiger partial charge in [0.1, 0.15) is 0 Å². The van der Waals surface area contributed by atoms with Gasteiger partial charge >= 0.3 is 0 Å². The molecule has 0 saturated heterocycles.